The summed E-state index contributed by atoms with van der Waals surface area (Å²) >= 11 is 0. The van der Waals surface area contributed by atoms with Gasteiger partial charge in [-0.15, -0.1) is 0 Å². The van der Waals surface area contributed by atoms with Gasteiger partial charge in [-0.1, -0.05) is 92.6 Å². The van der Waals surface area contributed by atoms with Crippen LogP contribution in [0.4, 0.5) is 5.69 Å². The standard InChI is InChI=1S/C32H41N3O4S/c1-5-7-21-33-32(37)30(22-27-11-9-8-10-12-27)34(23-28-15-13-25(3)14-16-28)31(36)24-35(40(4,38)39)29-19-17-26(6-2)18-20-29/h8-20,30H,5-7,21-24H2,1-4H3,(H,33,37)/t30-/m0/s1. The molecule has 1 N–H and O–H groups in total. The van der Waals surface area contributed by atoms with Crippen molar-refractivity contribution in [1.29, 1.82) is 0 Å². The van der Waals surface area contributed by atoms with Crippen molar-refractivity contribution in [1.82, 2.24) is 10.2 Å². The SMILES string of the molecule is CCCCNC(=O)[C@H](Cc1ccccc1)N(Cc1ccc(C)cc1)C(=O)CN(c1ccc(CC)cc1)S(C)(=O)=O. The van der Waals surface area contributed by atoms with Gasteiger partial charge in [0, 0.05) is 19.5 Å². The monoisotopic (exact) mass is 563 g/mol. The second-order valence-corrected chi connectivity index (χ2v) is 12.1. The second kappa shape index (κ2) is 14.7. The summed E-state index contributed by atoms with van der Waals surface area (Å²) in [5, 5.41) is 3.00. The van der Waals surface area contributed by atoms with Crippen LogP contribution in [0.3, 0.4) is 0 Å². The number of nitrogens with zero attached hydrogens (tertiary/aromatic N) is 2. The first-order valence-corrected chi connectivity index (χ1v) is 15.7. The molecule has 214 valence electrons. The highest BCUT2D eigenvalue weighted by molar-refractivity contribution is 7.92. The van der Waals surface area contributed by atoms with Gasteiger partial charge < -0.3 is 10.2 Å². The van der Waals surface area contributed by atoms with Gasteiger partial charge >= 0.3 is 0 Å². The third-order valence-corrected chi connectivity index (χ3v) is 8.03. The molecule has 3 aromatic rings. The first kappa shape index (κ1) is 30.9. The molecule has 0 unspecified atom stereocenters. The van der Waals surface area contributed by atoms with E-state index in [0.717, 1.165) is 52.1 Å². The normalized spacial score (nSPS) is 12.0. The molecule has 0 saturated carbocycles. The van der Waals surface area contributed by atoms with Crippen molar-refractivity contribution in [2.75, 3.05) is 23.7 Å². The molecule has 40 heavy (non-hydrogen) atoms. The minimum atomic E-state index is -3.78. The van der Waals surface area contributed by atoms with Crippen molar-refractivity contribution in [3.8, 4) is 0 Å². The fourth-order valence-corrected chi connectivity index (χ4v) is 5.31. The molecule has 0 heterocycles. The van der Waals surface area contributed by atoms with Gasteiger partial charge in [0.2, 0.25) is 21.8 Å². The Morgan fingerprint density at radius 3 is 2.05 bits per heavy atom. The highest BCUT2D eigenvalue weighted by atomic mass is 32.2. The lowest BCUT2D eigenvalue weighted by Gasteiger charge is -2.33. The number of nitrogens with one attached hydrogen (secondary N) is 1. The van der Waals surface area contributed by atoms with E-state index in [1.165, 1.54) is 4.90 Å². The summed E-state index contributed by atoms with van der Waals surface area (Å²) in [5.74, 6) is -0.701. The number of carbonyl (C=O) groups excluding carboxylic acids is 2. The van der Waals surface area contributed by atoms with E-state index >= 15 is 0 Å². The average Bonchev–Trinajstić information content (AvgIpc) is 2.94. The molecule has 0 spiro atoms. The predicted molar refractivity (Wildman–Crippen MR) is 162 cm³/mol. The molecule has 2 amide bonds. The number of rotatable bonds is 14. The third kappa shape index (κ3) is 8.95. The first-order chi connectivity index (χ1) is 19.1. The van der Waals surface area contributed by atoms with Crippen LogP contribution in [0.15, 0.2) is 78.9 Å². The molecule has 0 aliphatic rings. The van der Waals surface area contributed by atoms with Crippen LogP contribution in [0, 0.1) is 6.92 Å². The number of aryl methyl sites for hydroxylation is 2. The first-order valence-electron chi connectivity index (χ1n) is 13.9. The van der Waals surface area contributed by atoms with E-state index in [1.54, 1.807) is 12.1 Å². The zero-order valence-corrected chi connectivity index (χ0v) is 24.8. The zero-order chi connectivity index (χ0) is 29.1. The van der Waals surface area contributed by atoms with Gasteiger partial charge in [-0.2, -0.15) is 0 Å². The van der Waals surface area contributed by atoms with Crippen molar-refractivity contribution in [3.63, 3.8) is 0 Å². The number of hydrogen-bond donors (Lipinski definition) is 1. The van der Waals surface area contributed by atoms with Crippen LogP contribution in [0.25, 0.3) is 0 Å². The Bertz CT molecular complexity index is 1340. The van der Waals surface area contributed by atoms with E-state index in [9.17, 15) is 18.0 Å². The number of carbonyl (C=O) groups is 2. The van der Waals surface area contributed by atoms with Crippen molar-refractivity contribution >= 4 is 27.5 Å². The van der Waals surface area contributed by atoms with E-state index in [1.807, 2.05) is 87.5 Å². The molecule has 0 aromatic heterocycles. The Hall–Kier alpha value is -3.65. The summed E-state index contributed by atoms with van der Waals surface area (Å²) in [6.45, 7) is 6.32. The Balaban J connectivity index is 2.01. The van der Waals surface area contributed by atoms with Crippen LogP contribution in [0.2, 0.25) is 0 Å². The summed E-state index contributed by atoms with van der Waals surface area (Å²) in [4.78, 5) is 29.2. The number of benzene rings is 3. The van der Waals surface area contributed by atoms with Crippen LogP contribution < -0.4 is 9.62 Å². The number of anilines is 1. The van der Waals surface area contributed by atoms with Gasteiger partial charge in [0.15, 0.2) is 0 Å². The predicted octanol–water partition coefficient (Wildman–Crippen LogP) is 4.88. The fourth-order valence-electron chi connectivity index (χ4n) is 4.46. The highest BCUT2D eigenvalue weighted by Gasteiger charge is 2.32. The molecule has 3 aromatic carbocycles. The van der Waals surface area contributed by atoms with Crippen molar-refractivity contribution in [2.45, 2.75) is 59.0 Å². The molecule has 0 radical (unpaired) electrons. The molecule has 7 nitrogen and oxygen atoms in total. The lowest BCUT2D eigenvalue weighted by atomic mass is 10.0. The fraction of sp³-hybridized carbons (Fsp3) is 0.375. The topological polar surface area (TPSA) is 86.8 Å². The minimum Gasteiger partial charge on any atom is -0.354 e. The highest BCUT2D eigenvalue weighted by Crippen LogP contribution is 2.21. The number of hydrogen-bond acceptors (Lipinski definition) is 4. The van der Waals surface area contributed by atoms with Gasteiger partial charge in [0.1, 0.15) is 12.6 Å². The average molecular weight is 564 g/mol. The summed E-state index contributed by atoms with van der Waals surface area (Å²) in [6, 6.07) is 23.7. The molecule has 8 heteroatoms. The maximum absolute atomic E-state index is 14.1. The Morgan fingerprint density at radius 1 is 0.850 bits per heavy atom. The second-order valence-electron chi connectivity index (χ2n) is 10.1. The Labute approximate surface area is 239 Å². The van der Waals surface area contributed by atoms with Crippen molar-refractivity contribution in [2.24, 2.45) is 0 Å². The zero-order valence-electron chi connectivity index (χ0n) is 24.0. The molecule has 1 atom stereocenters. The third-order valence-electron chi connectivity index (χ3n) is 6.89. The van der Waals surface area contributed by atoms with Gasteiger partial charge in [-0.25, -0.2) is 8.42 Å². The summed E-state index contributed by atoms with van der Waals surface area (Å²) in [7, 11) is -3.78. The Kier molecular flexibility index (Phi) is 11.3. The van der Waals surface area contributed by atoms with E-state index in [4.69, 9.17) is 0 Å². The van der Waals surface area contributed by atoms with Crippen LogP contribution in [0.1, 0.15) is 48.9 Å². The molecular formula is C32H41N3O4S. The smallest absolute Gasteiger partial charge is 0.244 e. The van der Waals surface area contributed by atoms with Gasteiger partial charge in [-0.3, -0.25) is 13.9 Å². The summed E-state index contributed by atoms with van der Waals surface area (Å²) in [5.41, 5.74) is 4.33. The van der Waals surface area contributed by atoms with Crippen LogP contribution in [-0.2, 0) is 39.0 Å². The molecule has 0 aliphatic carbocycles. The van der Waals surface area contributed by atoms with Gasteiger partial charge in [0.05, 0.1) is 11.9 Å². The molecular weight excluding hydrogens is 522 g/mol. The van der Waals surface area contributed by atoms with Gasteiger partial charge in [0.25, 0.3) is 0 Å². The van der Waals surface area contributed by atoms with Crippen LogP contribution >= 0.6 is 0 Å². The Morgan fingerprint density at radius 2 is 1.48 bits per heavy atom. The van der Waals surface area contributed by atoms with Crippen LogP contribution in [-0.4, -0.2) is 50.5 Å². The summed E-state index contributed by atoms with van der Waals surface area (Å²) in [6.07, 6.45) is 3.97. The van der Waals surface area contributed by atoms with Crippen molar-refractivity contribution < 1.29 is 18.0 Å². The maximum Gasteiger partial charge on any atom is 0.244 e. The van der Waals surface area contributed by atoms with E-state index in [2.05, 4.69) is 5.32 Å². The van der Waals surface area contributed by atoms with Gasteiger partial charge in [-0.05, 0) is 48.6 Å². The molecule has 0 fully saturated rings. The number of sulfonamides is 1. The molecule has 3 rings (SSSR count). The molecule has 0 bridgehead atoms. The lowest BCUT2D eigenvalue weighted by Crippen LogP contribution is -2.53. The lowest BCUT2D eigenvalue weighted by molar-refractivity contribution is -0.140. The molecule has 0 aliphatic heterocycles. The number of amides is 2. The largest absolute Gasteiger partial charge is 0.354 e. The maximum atomic E-state index is 14.1. The summed E-state index contributed by atoms with van der Waals surface area (Å²) < 4.78 is 26.9. The number of unbranched alkanes of at least 4 members (excludes halogenated alkanes) is 1. The molecule has 0 saturated heterocycles. The van der Waals surface area contributed by atoms with E-state index < -0.39 is 28.5 Å². The van der Waals surface area contributed by atoms with Crippen LogP contribution in [0.5, 0.6) is 0 Å². The quantitative estimate of drug-likeness (QED) is 0.283. The minimum absolute atomic E-state index is 0.171. The van der Waals surface area contributed by atoms with E-state index in [0.29, 0.717) is 18.7 Å². The van der Waals surface area contributed by atoms with E-state index in [-0.39, 0.29) is 12.5 Å². The van der Waals surface area contributed by atoms with Crippen molar-refractivity contribution in [3.05, 3.63) is 101 Å².